The minimum absolute atomic E-state index is 0.0279. The summed E-state index contributed by atoms with van der Waals surface area (Å²) in [4.78, 5) is 0. The van der Waals surface area contributed by atoms with Crippen LogP contribution in [0.25, 0.3) is 77.2 Å². The Morgan fingerprint density at radius 1 is 0.319 bits per heavy atom. The second-order valence-electron chi connectivity index (χ2n) is 46.3. The fraction of sp³-hybridized carbons (Fsp3) is 0.524. The van der Waals surface area contributed by atoms with Crippen LogP contribution in [0, 0.1) is 50.5 Å². The zero-order valence-electron chi connectivity index (χ0n) is 77.3. The number of fused-ring (bicyclic) bond motifs is 6. The first-order valence-corrected chi connectivity index (χ1v) is 41.7. The summed E-state index contributed by atoms with van der Waals surface area (Å²) in [6, 6.07) is 34.0. The van der Waals surface area contributed by atoms with Gasteiger partial charge in [-0.05, 0) is 234 Å². The number of phenols is 2. The topological polar surface area (TPSA) is 55.7 Å². The van der Waals surface area contributed by atoms with Crippen LogP contribution >= 0.6 is 0 Å². The smallest absolute Gasteiger partial charge is 0.238 e. The van der Waals surface area contributed by atoms with E-state index in [1.165, 1.54) is 66.1 Å². The number of nitrogens with zero attached hydrogens (tertiary/aromatic N) is 2. The van der Waals surface area contributed by atoms with E-state index in [1.807, 2.05) is 13.8 Å². The summed E-state index contributed by atoms with van der Waals surface area (Å²) in [6.45, 7) is 85.9. The van der Waals surface area contributed by atoms with Crippen molar-refractivity contribution >= 4 is 43.6 Å². The number of hydrogen-bond acceptors (Lipinski definition) is 2. The van der Waals surface area contributed by atoms with Gasteiger partial charge in [-0.15, -0.1) is 0 Å². The van der Waals surface area contributed by atoms with E-state index in [1.54, 1.807) is 24.3 Å². The fourth-order valence-electron chi connectivity index (χ4n) is 18.4. The van der Waals surface area contributed by atoms with Crippen molar-refractivity contribution in [3.63, 3.8) is 0 Å². The predicted octanol–water partition coefficient (Wildman–Crippen LogP) is 31.3. The summed E-state index contributed by atoms with van der Waals surface area (Å²) in [5, 5.41) is 32.7. The molecule has 0 radical (unpaired) electrons. The van der Waals surface area contributed by atoms with Gasteiger partial charge in [-0.3, -0.25) is 0 Å². The maximum Gasteiger partial charge on any atom is 0.238 e. The average Bonchev–Trinajstić information content (AvgIpc) is 1.55. The molecule has 8 aromatic carbocycles. The highest BCUT2D eigenvalue weighted by molar-refractivity contribution is 6.15. The number of hydrogen-bond donors (Lipinski definition) is 2. The lowest BCUT2D eigenvalue weighted by molar-refractivity contribution is -0.0945. The Morgan fingerprint density at radius 2 is 0.558 bits per heavy atom. The standard InChI is InChI=1S/C105H144F2N2O4/c1-60-41-70(106)56-74(72-44-68(104(35,36)58-94(5,6)7)54-84(90(72)110)108-80-50-64(96(11,12)13)46-76(100(23,24)25)86(80)87-77(101(26,27)28)47-65(51-81(87)108)97(14,15)16)92(60)112(39)62(3)43-63(4)113(40)93-61(2)42-71(107)57-75(93)73-45-69(105(37,38)59-95(8,9)10)55-85(91(73)111)109-82-52-66(98(17,18)19)48-78(102(29,30)31)88(82)89-79(103(32,33)34)49-67(53-83(89)109)99(20,21)22/h41-42,44-57,62-63,110-111H,39-40,43,58-59H2,1-38H3/t62-,63-/m1/s1. The van der Waals surface area contributed by atoms with E-state index in [-0.39, 0.29) is 65.6 Å². The highest BCUT2D eigenvalue weighted by Crippen LogP contribution is 2.57. The Labute approximate surface area is 682 Å². The van der Waals surface area contributed by atoms with Gasteiger partial charge >= 0.3 is 0 Å². The van der Waals surface area contributed by atoms with Crippen LogP contribution in [0.2, 0.25) is 0 Å². The van der Waals surface area contributed by atoms with Crippen LogP contribution in [-0.2, 0) is 62.9 Å². The summed E-state index contributed by atoms with van der Waals surface area (Å²) in [5.74, 6) is 0.372. The van der Waals surface area contributed by atoms with Gasteiger partial charge in [0, 0.05) is 57.6 Å². The van der Waals surface area contributed by atoms with Gasteiger partial charge < -0.3 is 28.1 Å². The lowest BCUT2D eigenvalue weighted by Gasteiger charge is -2.41. The van der Waals surface area contributed by atoms with Gasteiger partial charge in [-0.25, -0.2) is 8.78 Å². The van der Waals surface area contributed by atoms with Gasteiger partial charge in [0.15, 0.2) is 12.2 Å². The normalized spacial score (nSPS) is 14.4. The summed E-state index contributed by atoms with van der Waals surface area (Å²) in [6.07, 6.45) is 1.17. The molecule has 0 aliphatic heterocycles. The number of rotatable bonds is 14. The molecule has 8 heteroatoms. The quantitative estimate of drug-likeness (QED) is 0.0842. The molecule has 10 aromatic rings. The molecule has 0 spiro atoms. The van der Waals surface area contributed by atoms with Crippen molar-refractivity contribution in [3.05, 3.63) is 190 Å². The van der Waals surface area contributed by atoms with Gasteiger partial charge in [-0.1, -0.05) is 260 Å². The molecule has 0 saturated carbocycles. The Bertz CT molecular complexity index is 4840. The number of aromatic nitrogens is 2. The molecule has 2 heterocycles. The van der Waals surface area contributed by atoms with Crippen molar-refractivity contribution in [2.45, 2.75) is 349 Å². The number of benzene rings is 8. The second-order valence-corrected chi connectivity index (χ2v) is 46.3. The predicted molar refractivity (Wildman–Crippen MR) is 484 cm³/mol. The maximum absolute atomic E-state index is 17.1. The number of aryl methyl sites for hydroxylation is 2. The third kappa shape index (κ3) is 17.2. The highest BCUT2D eigenvalue weighted by Gasteiger charge is 2.40. The van der Waals surface area contributed by atoms with E-state index >= 15 is 8.78 Å². The van der Waals surface area contributed by atoms with E-state index in [0.29, 0.717) is 62.7 Å². The minimum atomic E-state index is -0.449. The van der Waals surface area contributed by atoms with Crippen LogP contribution in [-0.4, -0.2) is 31.6 Å². The van der Waals surface area contributed by atoms with E-state index in [2.05, 4.69) is 340 Å². The van der Waals surface area contributed by atoms with Crippen molar-refractivity contribution in [1.29, 1.82) is 0 Å². The van der Waals surface area contributed by atoms with Crippen LogP contribution in [0.15, 0.2) is 97.1 Å². The van der Waals surface area contributed by atoms with E-state index in [4.69, 9.17) is 14.2 Å². The minimum Gasteiger partial charge on any atom is -0.709 e. The first-order chi connectivity index (χ1) is 51.0. The number of phenolic OH excluding ortho intramolecular Hbond substituents is 2. The fourth-order valence-corrected chi connectivity index (χ4v) is 18.4. The Morgan fingerprint density at radius 3 is 0.770 bits per heavy atom. The lowest BCUT2D eigenvalue weighted by Crippen LogP contribution is -2.26. The average molecular weight is 1540 g/mol. The molecule has 6 nitrogen and oxygen atoms in total. The van der Waals surface area contributed by atoms with Gasteiger partial charge in [-0.2, -0.15) is 0 Å². The molecule has 113 heavy (non-hydrogen) atoms. The molecule has 0 fully saturated rings. The number of halogens is 2. The highest BCUT2D eigenvalue weighted by atomic mass is 19.1. The molecule has 2 aromatic heterocycles. The van der Waals surface area contributed by atoms with Crippen LogP contribution in [0.1, 0.15) is 335 Å². The molecule has 2 N–H and O–H groups in total. The van der Waals surface area contributed by atoms with Crippen LogP contribution in [0.3, 0.4) is 0 Å². The Balaban J connectivity index is 1.21. The van der Waals surface area contributed by atoms with Gasteiger partial charge in [0.05, 0.1) is 44.6 Å². The third-order valence-electron chi connectivity index (χ3n) is 24.0. The SMILES string of the molecule is [CH2-][O+](c1c(C)cc(F)cc1-c1cc(C(C)(C)CC(C)(C)C)cc(-n2c3cc(C(C)(C)C)cc(C(C)(C)C)c3c3c(C(C)(C)C)cc(C(C)(C)C)cc32)c1O)[C@H](C)C[C@@H](C)[O+]([CH2-])c1c(C)cc(F)cc1-c1cc(C(C)(C)CC(C)(C)C)cc(-n2c3cc(C(C)(C)C)cc(C(C)(C)C)c3c3c(C(C)(C)C)cc(C(C)(C)C)cc32)c1O. The Kier molecular flexibility index (Phi) is 22.3. The molecular formula is C105H144F2N2O4. The molecule has 0 amide bonds. The molecular weight excluding hydrogens is 1390 g/mol. The monoisotopic (exact) mass is 1540 g/mol. The summed E-state index contributed by atoms with van der Waals surface area (Å²) < 4.78 is 45.3. The molecule has 0 saturated heterocycles. The molecule has 10 rings (SSSR count). The molecule has 0 bridgehead atoms. The second kappa shape index (κ2) is 28.7. The largest absolute Gasteiger partial charge is 0.709 e. The van der Waals surface area contributed by atoms with Crippen molar-refractivity contribution in [2.75, 3.05) is 0 Å². The summed E-state index contributed by atoms with van der Waals surface area (Å²) >= 11 is 0. The zero-order valence-corrected chi connectivity index (χ0v) is 77.3. The molecule has 0 unspecified atom stereocenters. The van der Waals surface area contributed by atoms with Crippen molar-refractivity contribution < 1.29 is 27.7 Å². The van der Waals surface area contributed by atoms with Crippen LogP contribution in [0.5, 0.6) is 23.0 Å². The lowest BCUT2D eigenvalue weighted by atomic mass is 9.71. The van der Waals surface area contributed by atoms with Gasteiger partial charge in [0.2, 0.25) is 11.5 Å². The molecule has 0 aliphatic rings. The zero-order chi connectivity index (χ0) is 85.4. The van der Waals surface area contributed by atoms with E-state index in [9.17, 15) is 10.2 Å². The van der Waals surface area contributed by atoms with E-state index in [0.717, 1.165) is 46.0 Å². The van der Waals surface area contributed by atoms with Crippen molar-refractivity contribution in [2.24, 2.45) is 10.8 Å². The first kappa shape index (κ1) is 87.8. The third-order valence-corrected chi connectivity index (χ3v) is 24.0. The van der Waals surface area contributed by atoms with Crippen LogP contribution < -0.4 is 0 Å². The van der Waals surface area contributed by atoms with E-state index < -0.39 is 34.7 Å². The van der Waals surface area contributed by atoms with Crippen molar-refractivity contribution in [3.8, 4) is 56.6 Å². The molecule has 0 aliphatic carbocycles. The summed E-state index contributed by atoms with van der Waals surface area (Å²) in [5.41, 5.74) is 17.1. The molecule has 2 atom stereocenters. The first-order valence-electron chi connectivity index (χ1n) is 41.7. The number of aromatic hydroxyl groups is 2. The van der Waals surface area contributed by atoms with Gasteiger partial charge in [0.1, 0.15) is 29.6 Å². The van der Waals surface area contributed by atoms with Gasteiger partial charge in [0.25, 0.3) is 0 Å². The summed E-state index contributed by atoms with van der Waals surface area (Å²) in [7, 11) is 9.65. The van der Waals surface area contributed by atoms with Crippen molar-refractivity contribution in [1.82, 2.24) is 9.13 Å². The van der Waals surface area contributed by atoms with Crippen LogP contribution in [0.4, 0.5) is 8.78 Å². The Hall–Kier alpha value is -7.58. The maximum atomic E-state index is 17.1. The molecule has 612 valence electrons.